The van der Waals surface area contributed by atoms with E-state index in [0.717, 1.165) is 22.6 Å². The molecule has 1 N–H and O–H groups in total. The maximum absolute atomic E-state index is 10.2. The Morgan fingerprint density at radius 1 is 1.25 bits per heavy atom. The van der Waals surface area contributed by atoms with Gasteiger partial charge in [-0.25, -0.2) is 0 Å². The summed E-state index contributed by atoms with van der Waals surface area (Å²) in [5.74, 6) is 0. The van der Waals surface area contributed by atoms with Crippen LogP contribution in [0.5, 0.6) is 0 Å². The number of aliphatic hydroxyl groups excluding tert-OH is 1. The van der Waals surface area contributed by atoms with Crippen molar-refractivity contribution < 1.29 is 5.11 Å². The molecular formula is C13H12ClNO. The Hall–Kier alpha value is -1.25. The summed E-state index contributed by atoms with van der Waals surface area (Å²) in [6, 6.07) is 9.76. The first-order valence-electron chi connectivity index (χ1n) is 5.34. The Morgan fingerprint density at radius 3 is 2.75 bits per heavy atom. The summed E-state index contributed by atoms with van der Waals surface area (Å²) >= 11 is 5.96. The molecule has 0 fully saturated rings. The lowest BCUT2D eigenvalue weighted by molar-refractivity contribution is 0.128. The molecule has 0 aliphatic heterocycles. The quantitative estimate of drug-likeness (QED) is 0.805. The third-order valence-corrected chi connectivity index (χ3v) is 3.46. The third-order valence-electron chi connectivity index (χ3n) is 3.23. The Bertz CT molecular complexity index is 507. The molecule has 1 heterocycles. The maximum Gasteiger partial charge on any atom is 0.100 e. The van der Waals surface area contributed by atoms with Crippen LogP contribution >= 0.6 is 11.6 Å². The number of rotatable bonds is 1. The van der Waals surface area contributed by atoms with Gasteiger partial charge in [0, 0.05) is 17.4 Å². The van der Waals surface area contributed by atoms with Gasteiger partial charge in [-0.1, -0.05) is 17.7 Å². The van der Waals surface area contributed by atoms with Gasteiger partial charge in [-0.05, 0) is 41.8 Å². The van der Waals surface area contributed by atoms with Crippen LogP contribution in [0.2, 0.25) is 5.02 Å². The van der Waals surface area contributed by atoms with Gasteiger partial charge in [-0.2, -0.15) is 0 Å². The van der Waals surface area contributed by atoms with Crippen molar-refractivity contribution in [2.24, 2.45) is 0 Å². The fourth-order valence-corrected chi connectivity index (χ4v) is 2.62. The van der Waals surface area contributed by atoms with E-state index in [1.165, 1.54) is 0 Å². The molecule has 1 aromatic heterocycles. The zero-order chi connectivity index (χ0) is 11.1. The van der Waals surface area contributed by atoms with E-state index in [1.807, 2.05) is 42.7 Å². The predicted octanol–water partition coefficient (Wildman–Crippen LogP) is 2.97. The first kappa shape index (κ1) is 9.94. The van der Waals surface area contributed by atoms with Crippen molar-refractivity contribution >= 4 is 11.6 Å². The highest BCUT2D eigenvalue weighted by molar-refractivity contribution is 6.30. The molecule has 0 bridgehead atoms. The number of halogens is 1. The Kier molecular flexibility index (Phi) is 2.27. The van der Waals surface area contributed by atoms with Gasteiger partial charge in [0.25, 0.3) is 0 Å². The van der Waals surface area contributed by atoms with Gasteiger partial charge in [0.05, 0.1) is 6.04 Å². The van der Waals surface area contributed by atoms with E-state index >= 15 is 0 Å². The SMILES string of the molecule is OC1c2ccc(Cl)cc2C[C@@H]1n1cccc1. The van der Waals surface area contributed by atoms with E-state index in [1.54, 1.807) is 0 Å². The molecule has 1 aliphatic rings. The van der Waals surface area contributed by atoms with Crippen molar-refractivity contribution in [2.45, 2.75) is 18.6 Å². The molecule has 0 saturated carbocycles. The fourth-order valence-electron chi connectivity index (χ4n) is 2.42. The maximum atomic E-state index is 10.2. The molecule has 1 aromatic carbocycles. The smallest absolute Gasteiger partial charge is 0.100 e. The highest BCUT2D eigenvalue weighted by atomic mass is 35.5. The summed E-state index contributed by atoms with van der Waals surface area (Å²) in [5, 5.41) is 11.0. The number of benzene rings is 1. The number of hydrogen-bond acceptors (Lipinski definition) is 1. The number of nitrogens with zero attached hydrogens (tertiary/aromatic N) is 1. The molecule has 0 radical (unpaired) electrons. The summed E-state index contributed by atoms with van der Waals surface area (Å²) in [6.45, 7) is 0. The highest BCUT2D eigenvalue weighted by Gasteiger charge is 2.31. The Labute approximate surface area is 99.1 Å². The lowest BCUT2D eigenvalue weighted by Gasteiger charge is -2.16. The largest absolute Gasteiger partial charge is 0.386 e. The predicted molar refractivity (Wildman–Crippen MR) is 63.6 cm³/mol. The molecule has 3 rings (SSSR count). The minimum absolute atomic E-state index is 0.100. The summed E-state index contributed by atoms with van der Waals surface area (Å²) in [6.07, 6.45) is 4.38. The second-order valence-corrected chi connectivity index (χ2v) is 4.63. The normalized spacial score (nSPS) is 23.4. The summed E-state index contributed by atoms with van der Waals surface area (Å²) in [4.78, 5) is 0. The van der Waals surface area contributed by atoms with Crippen molar-refractivity contribution in [3.05, 3.63) is 58.9 Å². The minimum Gasteiger partial charge on any atom is -0.386 e. The molecule has 2 atom stereocenters. The van der Waals surface area contributed by atoms with Gasteiger partial charge in [0.2, 0.25) is 0 Å². The van der Waals surface area contributed by atoms with Crippen LogP contribution in [0.3, 0.4) is 0 Å². The molecule has 16 heavy (non-hydrogen) atoms. The topological polar surface area (TPSA) is 25.2 Å². The summed E-state index contributed by atoms with van der Waals surface area (Å²) in [5.41, 5.74) is 2.15. The van der Waals surface area contributed by atoms with E-state index in [4.69, 9.17) is 11.6 Å². The van der Waals surface area contributed by atoms with Crippen LogP contribution in [0, 0.1) is 0 Å². The zero-order valence-electron chi connectivity index (χ0n) is 8.68. The van der Waals surface area contributed by atoms with Gasteiger partial charge >= 0.3 is 0 Å². The summed E-state index contributed by atoms with van der Waals surface area (Å²) < 4.78 is 2.05. The molecule has 1 aliphatic carbocycles. The van der Waals surface area contributed by atoms with Crippen LogP contribution in [0.1, 0.15) is 23.3 Å². The van der Waals surface area contributed by atoms with Gasteiger partial charge in [0.15, 0.2) is 0 Å². The monoisotopic (exact) mass is 233 g/mol. The van der Waals surface area contributed by atoms with Crippen molar-refractivity contribution in [2.75, 3.05) is 0 Å². The molecule has 2 nitrogen and oxygen atoms in total. The average molecular weight is 234 g/mol. The molecule has 0 saturated heterocycles. The second-order valence-electron chi connectivity index (χ2n) is 4.19. The Balaban J connectivity index is 2.00. The van der Waals surface area contributed by atoms with Gasteiger partial charge in [-0.3, -0.25) is 0 Å². The lowest BCUT2D eigenvalue weighted by Crippen LogP contribution is -2.11. The van der Waals surface area contributed by atoms with Crippen LogP contribution < -0.4 is 0 Å². The zero-order valence-corrected chi connectivity index (χ0v) is 9.43. The van der Waals surface area contributed by atoms with E-state index in [9.17, 15) is 5.11 Å². The standard InChI is InChI=1S/C13H12ClNO/c14-10-3-4-11-9(7-10)8-12(13(11)16)15-5-1-2-6-15/h1-7,12-13,16H,8H2/t12-,13?/m0/s1. The average Bonchev–Trinajstić information content (AvgIpc) is 2.86. The van der Waals surface area contributed by atoms with Gasteiger partial charge in [0.1, 0.15) is 6.10 Å². The molecular weight excluding hydrogens is 222 g/mol. The molecule has 1 unspecified atom stereocenters. The number of hydrogen-bond donors (Lipinski definition) is 1. The highest BCUT2D eigenvalue weighted by Crippen LogP contribution is 2.40. The number of aliphatic hydroxyl groups is 1. The van der Waals surface area contributed by atoms with Crippen LogP contribution in [0.15, 0.2) is 42.7 Å². The van der Waals surface area contributed by atoms with Crippen LogP contribution in [-0.4, -0.2) is 9.67 Å². The van der Waals surface area contributed by atoms with Crippen LogP contribution in [0.4, 0.5) is 0 Å². The second kappa shape index (κ2) is 3.65. The van der Waals surface area contributed by atoms with Crippen molar-refractivity contribution in [3.8, 4) is 0 Å². The van der Waals surface area contributed by atoms with E-state index in [-0.39, 0.29) is 6.04 Å². The van der Waals surface area contributed by atoms with Crippen LogP contribution in [-0.2, 0) is 6.42 Å². The minimum atomic E-state index is -0.431. The number of aromatic nitrogens is 1. The lowest BCUT2D eigenvalue weighted by atomic mass is 10.1. The molecule has 3 heteroatoms. The summed E-state index contributed by atoms with van der Waals surface area (Å²) in [7, 11) is 0. The first-order valence-corrected chi connectivity index (χ1v) is 5.72. The van der Waals surface area contributed by atoms with Crippen molar-refractivity contribution in [1.82, 2.24) is 4.57 Å². The first-order chi connectivity index (χ1) is 7.75. The van der Waals surface area contributed by atoms with E-state index in [0.29, 0.717) is 0 Å². The van der Waals surface area contributed by atoms with E-state index < -0.39 is 6.10 Å². The Morgan fingerprint density at radius 2 is 2.00 bits per heavy atom. The van der Waals surface area contributed by atoms with Crippen LogP contribution in [0.25, 0.3) is 0 Å². The molecule has 0 spiro atoms. The third kappa shape index (κ3) is 1.46. The van der Waals surface area contributed by atoms with Crippen molar-refractivity contribution in [3.63, 3.8) is 0 Å². The number of fused-ring (bicyclic) bond motifs is 1. The van der Waals surface area contributed by atoms with Crippen molar-refractivity contribution in [1.29, 1.82) is 0 Å². The molecule has 82 valence electrons. The van der Waals surface area contributed by atoms with E-state index in [2.05, 4.69) is 4.57 Å². The molecule has 2 aromatic rings. The molecule has 0 amide bonds. The van der Waals surface area contributed by atoms with Gasteiger partial charge in [-0.15, -0.1) is 0 Å². The van der Waals surface area contributed by atoms with Gasteiger partial charge < -0.3 is 9.67 Å². The fraction of sp³-hybridized carbons (Fsp3) is 0.231.